The number of pyridine rings is 1. The second kappa shape index (κ2) is 3.44. The van der Waals surface area contributed by atoms with Crippen molar-refractivity contribution in [3.05, 3.63) is 46.1 Å². The lowest BCUT2D eigenvalue weighted by Gasteiger charge is -2.06. The minimum absolute atomic E-state index is 0.101. The average Bonchev–Trinajstić information content (AvgIpc) is 2.23. The van der Waals surface area contributed by atoms with Crippen LogP contribution in [0.2, 0.25) is 0 Å². The van der Waals surface area contributed by atoms with Gasteiger partial charge in [0.05, 0.1) is 5.39 Å². The second-order valence-corrected chi connectivity index (χ2v) is 3.49. The highest BCUT2D eigenvalue weighted by Crippen LogP contribution is 2.13. The first kappa shape index (κ1) is 10.4. The molecule has 1 heterocycles. The lowest BCUT2D eigenvalue weighted by Crippen LogP contribution is -2.26. The highest BCUT2D eigenvalue weighted by molar-refractivity contribution is 5.95. The highest BCUT2D eigenvalue weighted by Gasteiger charge is 2.10. The van der Waals surface area contributed by atoms with Crippen molar-refractivity contribution in [3.63, 3.8) is 0 Å². The summed E-state index contributed by atoms with van der Waals surface area (Å²) in [6, 6.07) is 5.28. The van der Waals surface area contributed by atoms with Crippen molar-refractivity contribution >= 4 is 16.7 Å². The Morgan fingerprint density at radius 2 is 2.06 bits per heavy atom. The topological polar surface area (TPSA) is 65.1 Å². The fourth-order valence-corrected chi connectivity index (χ4v) is 1.61. The van der Waals surface area contributed by atoms with Gasteiger partial charge < -0.3 is 10.3 Å². The summed E-state index contributed by atoms with van der Waals surface area (Å²) in [5.41, 5.74) is 4.79. The third-order valence-electron chi connectivity index (χ3n) is 2.46. The standard InChI is InChI=1S/C11H9FN2O2/c1-14-9(10(13)15)4-6-2-3-7(12)5-8(6)11(14)16/h2-5H,1H3,(H2,13,15). The smallest absolute Gasteiger partial charge is 0.265 e. The van der Waals surface area contributed by atoms with Crippen molar-refractivity contribution in [3.8, 4) is 0 Å². The molecule has 2 rings (SSSR count). The predicted molar refractivity (Wildman–Crippen MR) is 57.7 cm³/mol. The van der Waals surface area contributed by atoms with Crippen LogP contribution in [0.1, 0.15) is 10.5 Å². The number of hydrogen-bond donors (Lipinski definition) is 1. The minimum atomic E-state index is -0.689. The van der Waals surface area contributed by atoms with E-state index < -0.39 is 17.3 Å². The van der Waals surface area contributed by atoms with E-state index in [0.29, 0.717) is 5.39 Å². The van der Waals surface area contributed by atoms with Crippen LogP contribution in [0.25, 0.3) is 10.8 Å². The van der Waals surface area contributed by atoms with Crippen molar-refractivity contribution in [1.82, 2.24) is 4.57 Å². The number of rotatable bonds is 1. The lowest BCUT2D eigenvalue weighted by atomic mass is 10.1. The fourth-order valence-electron chi connectivity index (χ4n) is 1.61. The maximum atomic E-state index is 13.0. The summed E-state index contributed by atoms with van der Waals surface area (Å²) in [5, 5.41) is 0.728. The van der Waals surface area contributed by atoms with Crippen molar-refractivity contribution in [2.24, 2.45) is 12.8 Å². The quantitative estimate of drug-likeness (QED) is 0.771. The van der Waals surface area contributed by atoms with Crippen LogP contribution in [0.3, 0.4) is 0 Å². The van der Waals surface area contributed by atoms with Crippen LogP contribution in [-0.4, -0.2) is 10.5 Å². The third kappa shape index (κ3) is 1.46. The van der Waals surface area contributed by atoms with Crippen LogP contribution in [-0.2, 0) is 7.05 Å². The van der Waals surface area contributed by atoms with Crippen molar-refractivity contribution in [2.45, 2.75) is 0 Å². The molecule has 0 aliphatic carbocycles. The van der Waals surface area contributed by atoms with E-state index in [0.717, 1.165) is 10.6 Å². The molecule has 4 nitrogen and oxygen atoms in total. The number of aromatic nitrogens is 1. The van der Waals surface area contributed by atoms with Crippen LogP contribution in [0.5, 0.6) is 0 Å². The number of primary amides is 1. The van der Waals surface area contributed by atoms with Gasteiger partial charge in [-0.25, -0.2) is 4.39 Å². The summed E-state index contributed by atoms with van der Waals surface area (Å²) in [5.74, 6) is -1.18. The molecule has 1 aromatic heterocycles. The number of fused-ring (bicyclic) bond motifs is 1. The summed E-state index contributed by atoms with van der Waals surface area (Å²) in [6.07, 6.45) is 0. The van der Waals surface area contributed by atoms with Gasteiger partial charge in [-0.2, -0.15) is 0 Å². The molecule has 1 aromatic carbocycles. The van der Waals surface area contributed by atoms with Crippen molar-refractivity contribution < 1.29 is 9.18 Å². The van der Waals surface area contributed by atoms with Gasteiger partial charge in [0.2, 0.25) is 0 Å². The van der Waals surface area contributed by atoms with Gasteiger partial charge >= 0.3 is 0 Å². The Balaban J connectivity index is 2.94. The Morgan fingerprint density at radius 3 is 2.69 bits per heavy atom. The van der Waals surface area contributed by atoms with Gasteiger partial charge in [0.25, 0.3) is 11.5 Å². The number of carbonyl (C=O) groups is 1. The van der Waals surface area contributed by atoms with Crippen LogP contribution in [0.15, 0.2) is 29.1 Å². The van der Waals surface area contributed by atoms with E-state index in [4.69, 9.17) is 5.73 Å². The Kier molecular flexibility index (Phi) is 2.23. The van der Waals surface area contributed by atoms with Gasteiger partial charge in [-0.1, -0.05) is 6.07 Å². The number of amides is 1. The van der Waals surface area contributed by atoms with Crippen LogP contribution >= 0.6 is 0 Å². The van der Waals surface area contributed by atoms with Crippen LogP contribution in [0.4, 0.5) is 4.39 Å². The summed E-state index contributed by atoms with van der Waals surface area (Å²) < 4.78 is 14.1. The molecule has 0 aliphatic rings. The summed E-state index contributed by atoms with van der Waals surface area (Å²) in [6.45, 7) is 0. The zero-order valence-corrected chi connectivity index (χ0v) is 8.53. The Hall–Kier alpha value is -2.17. The van der Waals surface area contributed by atoms with Crippen LogP contribution < -0.4 is 11.3 Å². The van der Waals surface area contributed by atoms with Gasteiger partial charge in [-0.05, 0) is 23.6 Å². The summed E-state index contributed by atoms with van der Waals surface area (Å²) in [4.78, 5) is 22.9. The Labute approximate surface area is 90.1 Å². The van der Waals surface area contributed by atoms with Gasteiger partial charge in [0, 0.05) is 7.05 Å². The molecule has 0 aliphatic heterocycles. The first-order valence-corrected chi connectivity index (χ1v) is 4.60. The molecule has 0 spiro atoms. The fraction of sp³-hybridized carbons (Fsp3) is 0.0909. The molecule has 0 radical (unpaired) electrons. The van der Waals surface area contributed by atoms with E-state index in [1.807, 2.05) is 0 Å². The molecule has 0 bridgehead atoms. The maximum absolute atomic E-state index is 13.0. The molecule has 16 heavy (non-hydrogen) atoms. The average molecular weight is 220 g/mol. The number of halogens is 1. The molecule has 0 saturated carbocycles. The molecule has 5 heteroatoms. The van der Waals surface area contributed by atoms with Crippen molar-refractivity contribution in [1.29, 1.82) is 0 Å². The Bertz CT molecular complexity index is 646. The van der Waals surface area contributed by atoms with E-state index in [-0.39, 0.29) is 11.1 Å². The normalized spacial score (nSPS) is 10.6. The number of hydrogen-bond acceptors (Lipinski definition) is 2. The van der Waals surface area contributed by atoms with E-state index in [1.165, 1.54) is 25.2 Å². The van der Waals surface area contributed by atoms with Crippen molar-refractivity contribution in [2.75, 3.05) is 0 Å². The largest absolute Gasteiger partial charge is 0.364 e. The molecular weight excluding hydrogens is 211 g/mol. The maximum Gasteiger partial charge on any atom is 0.265 e. The van der Waals surface area contributed by atoms with E-state index >= 15 is 0 Å². The molecule has 2 aromatic rings. The van der Waals surface area contributed by atoms with Gasteiger partial charge in [-0.15, -0.1) is 0 Å². The van der Waals surface area contributed by atoms with E-state index in [9.17, 15) is 14.0 Å². The molecule has 0 atom stereocenters. The lowest BCUT2D eigenvalue weighted by molar-refractivity contribution is 0.0991. The number of nitrogens with zero attached hydrogens (tertiary/aromatic N) is 1. The first-order valence-electron chi connectivity index (χ1n) is 4.60. The highest BCUT2D eigenvalue weighted by atomic mass is 19.1. The second-order valence-electron chi connectivity index (χ2n) is 3.49. The van der Waals surface area contributed by atoms with Gasteiger partial charge in [0.15, 0.2) is 0 Å². The van der Waals surface area contributed by atoms with Crippen LogP contribution in [0, 0.1) is 5.82 Å². The van der Waals surface area contributed by atoms with E-state index in [2.05, 4.69) is 0 Å². The third-order valence-corrected chi connectivity index (χ3v) is 2.46. The Morgan fingerprint density at radius 1 is 1.38 bits per heavy atom. The SMILES string of the molecule is Cn1c(C(N)=O)cc2ccc(F)cc2c1=O. The first-order chi connectivity index (χ1) is 7.50. The molecule has 1 amide bonds. The van der Waals surface area contributed by atoms with Gasteiger partial charge in [0.1, 0.15) is 11.5 Å². The minimum Gasteiger partial charge on any atom is -0.364 e. The molecular formula is C11H9FN2O2. The van der Waals surface area contributed by atoms with Gasteiger partial charge in [-0.3, -0.25) is 9.59 Å². The monoisotopic (exact) mass is 220 g/mol. The zero-order valence-electron chi connectivity index (χ0n) is 8.53. The number of nitrogens with two attached hydrogens (primary N) is 1. The number of carbonyl (C=O) groups excluding carboxylic acids is 1. The zero-order chi connectivity index (χ0) is 11.9. The molecule has 2 N–H and O–H groups in total. The summed E-state index contributed by atoms with van der Waals surface area (Å²) in [7, 11) is 1.42. The predicted octanol–water partition coefficient (Wildman–Crippen LogP) is 0.777. The molecule has 82 valence electrons. The van der Waals surface area contributed by atoms with E-state index in [1.54, 1.807) is 0 Å². The number of benzene rings is 1. The molecule has 0 unspecified atom stereocenters. The summed E-state index contributed by atoms with van der Waals surface area (Å²) >= 11 is 0. The molecule has 0 fully saturated rings. The molecule has 0 saturated heterocycles.